The van der Waals surface area contributed by atoms with Crippen LogP contribution in [-0.4, -0.2) is 30.3 Å². The second-order valence-electron chi connectivity index (χ2n) is 7.56. The van der Waals surface area contributed by atoms with Crippen LogP contribution >= 0.6 is 0 Å². The van der Waals surface area contributed by atoms with Crippen LogP contribution in [0.25, 0.3) is 0 Å². The second kappa shape index (κ2) is 7.18. The Morgan fingerprint density at radius 2 is 1.75 bits per heavy atom. The first-order valence-corrected chi connectivity index (χ1v) is 9.48. The van der Waals surface area contributed by atoms with Gasteiger partial charge in [0.25, 0.3) is 0 Å². The first kappa shape index (κ1) is 18.9. The molecule has 2 aliphatic rings. The molecule has 2 fully saturated rings. The monoisotopic (exact) mass is 392 g/mol. The molecule has 0 saturated carbocycles. The van der Waals surface area contributed by atoms with Crippen LogP contribution in [0.15, 0.2) is 36.5 Å². The van der Waals surface area contributed by atoms with Gasteiger partial charge in [0.15, 0.2) is 11.5 Å². The molecule has 28 heavy (non-hydrogen) atoms. The fraction of sp³-hybridized carbons (Fsp3) is 0.476. The summed E-state index contributed by atoms with van der Waals surface area (Å²) in [5.74, 6) is 2.07. The summed E-state index contributed by atoms with van der Waals surface area (Å²) in [6, 6.07) is 8.92. The molecule has 3 heterocycles. The fourth-order valence-electron chi connectivity index (χ4n) is 4.36. The molecule has 2 aromatic rings. The number of pyridine rings is 1. The molecule has 0 N–H and O–H groups in total. The van der Waals surface area contributed by atoms with Crippen LogP contribution in [0, 0.1) is 6.92 Å². The number of methoxy groups -OCH3 is 1. The highest BCUT2D eigenvalue weighted by molar-refractivity contribution is 5.46. The standard InChI is InChI=1S/C21H23F3N2O2/c1-13-3-7-18(19(9-13)27-2)28-17-10-15-5-6-16(11-17)26(15)20-8-4-14(12-25-20)21(22,23)24/h3-4,7-9,12,15-17H,5-6,10-11H2,1-2H3/t15-,16+,17+. The Balaban J connectivity index is 1.48. The summed E-state index contributed by atoms with van der Waals surface area (Å²) in [7, 11) is 1.63. The minimum absolute atomic E-state index is 0.0554. The van der Waals surface area contributed by atoms with Gasteiger partial charge in [-0.05, 0) is 49.6 Å². The minimum atomic E-state index is -4.36. The lowest BCUT2D eigenvalue weighted by molar-refractivity contribution is -0.137. The molecule has 0 spiro atoms. The lowest BCUT2D eigenvalue weighted by Gasteiger charge is -2.39. The molecule has 150 valence electrons. The smallest absolute Gasteiger partial charge is 0.417 e. The Bertz CT molecular complexity index is 825. The lowest BCUT2D eigenvalue weighted by Crippen LogP contribution is -2.46. The Hall–Kier alpha value is -2.44. The number of benzene rings is 1. The van der Waals surface area contributed by atoms with E-state index in [0.717, 1.165) is 55.0 Å². The number of hydrogen-bond donors (Lipinski definition) is 0. The maximum absolute atomic E-state index is 12.8. The number of ether oxygens (including phenoxy) is 2. The average Bonchev–Trinajstić information content (AvgIpc) is 2.93. The Labute approximate surface area is 162 Å². The third-order valence-corrected chi connectivity index (χ3v) is 5.64. The summed E-state index contributed by atoms with van der Waals surface area (Å²) in [6.07, 6.45) is 0.246. The number of hydrogen-bond acceptors (Lipinski definition) is 4. The highest BCUT2D eigenvalue weighted by atomic mass is 19.4. The van der Waals surface area contributed by atoms with Crippen molar-refractivity contribution in [1.29, 1.82) is 0 Å². The minimum Gasteiger partial charge on any atom is -0.493 e. The van der Waals surface area contributed by atoms with Gasteiger partial charge < -0.3 is 14.4 Å². The van der Waals surface area contributed by atoms with Crippen molar-refractivity contribution >= 4 is 5.82 Å². The van der Waals surface area contributed by atoms with Gasteiger partial charge in [-0.2, -0.15) is 13.2 Å². The third kappa shape index (κ3) is 3.62. The van der Waals surface area contributed by atoms with Crippen LogP contribution in [0.2, 0.25) is 0 Å². The molecule has 0 amide bonds. The number of aromatic nitrogens is 1. The quantitative estimate of drug-likeness (QED) is 0.734. The van der Waals surface area contributed by atoms with E-state index in [-0.39, 0.29) is 18.2 Å². The van der Waals surface area contributed by atoms with Crippen molar-refractivity contribution in [2.75, 3.05) is 12.0 Å². The number of anilines is 1. The molecule has 2 aliphatic heterocycles. The van der Waals surface area contributed by atoms with E-state index in [0.29, 0.717) is 5.82 Å². The third-order valence-electron chi connectivity index (χ3n) is 5.64. The fourth-order valence-corrected chi connectivity index (χ4v) is 4.36. The zero-order valence-corrected chi connectivity index (χ0v) is 15.9. The normalized spacial score (nSPS) is 24.3. The molecule has 0 radical (unpaired) electrons. The van der Waals surface area contributed by atoms with Crippen LogP contribution in [0.3, 0.4) is 0 Å². The van der Waals surface area contributed by atoms with Crippen LogP contribution in [0.5, 0.6) is 11.5 Å². The van der Waals surface area contributed by atoms with Gasteiger partial charge in [-0.25, -0.2) is 4.98 Å². The van der Waals surface area contributed by atoms with Crippen molar-refractivity contribution < 1.29 is 22.6 Å². The van der Waals surface area contributed by atoms with Gasteiger partial charge in [-0.1, -0.05) is 6.07 Å². The van der Waals surface area contributed by atoms with E-state index < -0.39 is 11.7 Å². The molecule has 1 aromatic carbocycles. The van der Waals surface area contributed by atoms with E-state index >= 15 is 0 Å². The molecule has 4 rings (SSSR count). The van der Waals surface area contributed by atoms with Crippen molar-refractivity contribution in [2.45, 2.75) is 57.0 Å². The summed E-state index contributed by atoms with van der Waals surface area (Å²) in [5.41, 5.74) is 0.390. The van der Waals surface area contributed by atoms with Gasteiger partial charge in [0.2, 0.25) is 0 Å². The van der Waals surface area contributed by atoms with Crippen molar-refractivity contribution in [1.82, 2.24) is 4.98 Å². The van der Waals surface area contributed by atoms with Crippen molar-refractivity contribution in [3.8, 4) is 11.5 Å². The van der Waals surface area contributed by atoms with Gasteiger partial charge in [-0.3, -0.25) is 0 Å². The molecule has 2 bridgehead atoms. The molecule has 7 heteroatoms. The van der Waals surface area contributed by atoms with Gasteiger partial charge in [0.1, 0.15) is 11.9 Å². The van der Waals surface area contributed by atoms with E-state index in [1.54, 1.807) is 7.11 Å². The molecule has 3 atom stereocenters. The summed E-state index contributed by atoms with van der Waals surface area (Å²) in [6.45, 7) is 2.00. The predicted molar refractivity (Wildman–Crippen MR) is 99.9 cm³/mol. The topological polar surface area (TPSA) is 34.6 Å². The van der Waals surface area contributed by atoms with Crippen LogP contribution in [0.4, 0.5) is 19.0 Å². The number of nitrogens with zero attached hydrogens (tertiary/aromatic N) is 2. The van der Waals surface area contributed by atoms with Gasteiger partial charge in [-0.15, -0.1) is 0 Å². The highest BCUT2D eigenvalue weighted by Gasteiger charge is 2.42. The summed E-state index contributed by atoms with van der Waals surface area (Å²) < 4.78 is 50.0. The molecule has 0 aliphatic carbocycles. The Morgan fingerprint density at radius 1 is 1.04 bits per heavy atom. The molecular weight excluding hydrogens is 369 g/mol. The number of aryl methyl sites for hydroxylation is 1. The number of rotatable bonds is 4. The molecule has 2 saturated heterocycles. The highest BCUT2D eigenvalue weighted by Crippen LogP contribution is 2.41. The molecule has 4 nitrogen and oxygen atoms in total. The molecule has 1 aromatic heterocycles. The van der Waals surface area contributed by atoms with Crippen LogP contribution in [0.1, 0.15) is 36.8 Å². The van der Waals surface area contributed by atoms with Crippen molar-refractivity contribution in [2.24, 2.45) is 0 Å². The van der Waals surface area contributed by atoms with E-state index in [2.05, 4.69) is 9.88 Å². The van der Waals surface area contributed by atoms with Crippen molar-refractivity contribution in [3.05, 3.63) is 47.7 Å². The number of alkyl halides is 3. The van der Waals surface area contributed by atoms with Crippen LogP contribution in [-0.2, 0) is 6.18 Å². The summed E-state index contributed by atoms with van der Waals surface area (Å²) in [5, 5.41) is 0. The van der Waals surface area contributed by atoms with Gasteiger partial charge in [0, 0.05) is 31.1 Å². The average molecular weight is 392 g/mol. The first-order chi connectivity index (χ1) is 13.3. The van der Waals surface area contributed by atoms with E-state index in [1.807, 2.05) is 25.1 Å². The van der Waals surface area contributed by atoms with E-state index in [9.17, 15) is 13.2 Å². The molecular formula is C21H23F3N2O2. The van der Waals surface area contributed by atoms with E-state index in [1.165, 1.54) is 6.07 Å². The second-order valence-corrected chi connectivity index (χ2v) is 7.56. The zero-order valence-electron chi connectivity index (χ0n) is 15.9. The molecule has 0 unspecified atom stereocenters. The summed E-state index contributed by atoms with van der Waals surface area (Å²) >= 11 is 0. The zero-order chi connectivity index (χ0) is 19.9. The van der Waals surface area contributed by atoms with Gasteiger partial charge in [0.05, 0.1) is 12.7 Å². The van der Waals surface area contributed by atoms with Crippen LogP contribution < -0.4 is 14.4 Å². The van der Waals surface area contributed by atoms with Gasteiger partial charge >= 0.3 is 6.18 Å². The first-order valence-electron chi connectivity index (χ1n) is 9.48. The summed E-state index contributed by atoms with van der Waals surface area (Å²) in [4.78, 5) is 6.27. The van der Waals surface area contributed by atoms with E-state index in [4.69, 9.17) is 9.47 Å². The lowest BCUT2D eigenvalue weighted by atomic mass is 9.99. The Morgan fingerprint density at radius 3 is 2.32 bits per heavy atom. The largest absolute Gasteiger partial charge is 0.493 e. The Kier molecular flexibility index (Phi) is 4.85. The maximum atomic E-state index is 12.8. The van der Waals surface area contributed by atoms with Crippen molar-refractivity contribution in [3.63, 3.8) is 0 Å². The maximum Gasteiger partial charge on any atom is 0.417 e. The number of fused-ring (bicyclic) bond motifs is 2. The number of halogens is 3. The number of piperidine rings is 1. The SMILES string of the molecule is COc1cc(C)ccc1O[C@H]1C[C@H]2CC[C@@H](C1)N2c1ccc(C(F)(F)F)cn1. The predicted octanol–water partition coefficient (Wildman–Crippen LogP) is 5.00.